The van der Waals surface area contributed by atoms with Crippen molar-refractivity contribution in [2.75, 3.05) is 5.32 Å². The Morgan fingerprint density at radius 3 is 2.81 bits per heavy atom. The van der Waals surface area contributed by atoms with Crippen LogP contribution in [0, 0.1) is 6.92 Å². The molecular formula is C16H15ClN4. The zero-order chi connectivity index (χ0) is 14.8. The van der Waals surface area contributed by atoms with Gasteiger partial charge in [0.1, 0.15) is 17.3 Å². The predicted molar refractivity (Wildman–Crippen MR) is 86.2 cm³/mol. The molecule has 5 heteroatoms. The third-order valence-electron chi connectivity index (χ3n) is 3.36. The molecule has 0 amide bonds. The number of aryl methyl sites for hydroxylation is 1. The first-order chi connectivity index (χ1) is 10.2. The fraction of sp³-hybridized carbons (Fsp3) is 0.188. The van der Waals surface area contributed by atoms with Gasteiger partial charge in [-0.1, -0.05) is 36.7 Å². The van der Waals surface area contributed by atoms with Gasteiger partial charge in [-0.05, 0) is 25.5 Å². The first kappa shape index (κ1) is 13.8. The van der Waals surface area contributed by atoms with Gasteiger partial charge in [0.2, 0.25) is 0 Å². The van der Waals surface area contributed by atoms with Gasteiger partial charge in [0, 0.05) is 16.6 Å². The van der Waals surface area contributed by atoms with Gasteiger partial charge in [-0.3, -0.25) is 4.98 Å². The minimum absolute atomic E-state index is 0.486. The van der Waals surface area contributed by atoms with Crippen molar-refractivity contribution in [2.45, 2.75) is 20.3 Å². The first-order valence-corrected chi connectivity index (χ1v) is 7.19. The SMILES string of the molecule is CCc1c(Cl)ncnc1Nc1cccc2ccc(C)nc12. The van der Waals surface area contributed by atoms with Crippen LogP contribution < -0.4 is 5.32 Å². The summed E-state index contributed by atoms with van der Waals surface area (Å²) in [4.78, 5) is 12.9. The molecule has 0 spiro atoms. The van der Waals surface area contributed by atoms with E-state index < -0.39 is 0 Å². The van der Waals surface area contributed by atoms with Crippen LogP contribution in [0.4, 0.5) is 11.5 Å². The van der Waals surface area contributed by atoms with Gasteiger partial charge in [-0.25, -0.2) is 9.97 Å². The van der Waals surface area contributed by atoms with Gasteiger partial charge >= 0.3 is 0 Å². The largest absolute Gasteiger partial charge is 0.338 e. The van der Waals surface area contributed by atoms with E-state index >= 15 is 0 Å². The van der Waals surface area contributed by atoms with Crippen molar-refractivity contribution in [3.63, 3.8) is 0 Å². The number of nitrogens with one attached hydrogen (secondary N) is 1. The zero-order valence-corrected chi connectivity index (χ0v) is 12.6. The molecule has 106 valence electrons. The van der Waals surface area contributed by atoms with Crippen molar-refractivity contribution in [3.05, 3.63) is 53.1 Å². The number of anilines is 2. The summed E-state index contributed by atoms with van der Waals surface area (Å²) in [6.45, 7) is 4.01. The molecule has 0 radical (unpaired) electrons. The van der Waals surface area contributed by atoms with E-state index in [0.29, 0.717) is 5.15 Å². The van der Waals surface area contributed by atoms with E-state index in [1.807, 2.05) is 38.1 Å². The van der Waals surface area contributed by atoms with E-state index in [9.17, 15) is 0 Å². The van der Waals surface area contributed by atoms with Crippen molar-refractivity contribution >= 4 is 34.0 Å². The Bertz CT molecular complexity index is 801. The van der Waals surface area contributed by atoms with Crippen molar-refractivity contribution < 1.29 is 0 Å². The molecule has 0 atom stereocenters. The normalized spacial score (nSPS) is 10.8. The van der Waals surface area contributed by atoms with E-state index in [4.69, 9.17) is 11.6 Å². The number of benzene rings is 1. The molecule has 0 saturated carbocycles. The Hall–Kier alpha value is -2.20. The summed E-state index contributed by atoms with van der Waals surface area (Å²) in [5.74, 6) is 0.730. The zero-order valence-electron chi connectivity index (χ0n) is 11.9. The smallest absolute Gasteiger partial charge is 0.138 e. The molecule has 2 heterocycles. The second-order valence-electron chi connectivity index (χ2n) is 4.80. The maximum atomic E-state index is 6.13. The Labute approximate surface area is 128 Å². The maximum Gasteiger partial charge on any atom is 0.138 e. The van der Waals surface area contributed by atoms with E-state index in [1.165, 1.54) is 6.33 Å². The monoisotopic (exact) mass is 298 g/mol. The Kier molecular flexibility index (Phi) is 3.71. The minimum atomic E-state index is 0.486. The molecule has 0 aliphatic carbocycles. The van der Waals surface area contributed by atoms with Crippen LogP contribution in [0.3, 0.4) is 0 Å². The number of halogens is 1. The van der Waals surface area contributed by atoms with Gasteiger partial charge in [-0.15, -0.1) is 0 Å². The Balaban J connectivity index is 2.10. The topological polar surface area (TPSA) is 50.7 Å². The summed E-state index contributed by atoms with van der Waals surface area (Å²) in [5.41, 5.74) is 3.73. The summed E-state index contributed by atoms with van der Waals surface area (Å²) in [6.07, 6.45) is 2.23. The third kappa shape index (κ3) is 2.67. The molecule has 0 saturated heterocycles. The molecule has 0 aliphatic rings. The fourth-order valence-corrected chi connectivity index (χ4v) is 2.55. The first-order valence-electron chi connectivity index (χ1n) is 6.82. The van der Waals surface area contributed by atoms with Gasteiger partial charge in [0.05, 0.1) is 11.2 Å². The molecule has 21 heavy (non-hydrogen) atoms. The molecule has 0 aliphatic heterocycles. The molecule has 3 aromatic rings. The number of hydrogen-bond acceptors (Lipinski definition) is 4. The standard InChI is InChI=1S/C16H15ClN4/c1-3-12-15(17)18-9-19-16(12)21-13-6-4-5-11-8-7-10(2)20-14(11)13/h4-9H,3H2,1-2H3,(H,18,19,21). The Morgan fingerprint density at radius 1 is 1.14 bits per heavy atom. The van der Waals surface area contributed by atoms with Gasteiger partial charge < -0.3 is 5.32 Å². The highest BCUT2D eigenvalue weighted by Gasteiger charge is 2.10. The Morgan fingerprint density at radius 2 is 2.00 bits per heavy atom. The van der Waals surface area contributed by atoms with Crippen LogP contribution in [0.2, 0.25) is 5.15 Å². The fourth-order valence-electron chi connectivity index (χ4n) is 2.28. The number of fused-ring (bicyclic) bond motifs is 1. The number of nitrogens with zero attached hydrogens (tertiary/aromatic N) is 3. The van der Waals surface area contributed by atoms with Crippen LogP contribution in [-0.4, -0.2) is 15.0 Å². The number of hydrogen-bond donors (Lipinski definition) is 1. The summed E-state index contributed by atoms with van der Waals surface area (Å²) in [6, 6.07) is 10.1. The van der Waals surface area contributed by atoms with E-state index in [1.54, 1.807) is 0 Å². The van der Waals surface area contributed by atoms with Crippen molar-refractivity contribution in [2.24, 2.45) is 0 Å². The second kappa shape index (κ2) is 5.66. The highest BCUT2D eigenvalue weighted by atomic mass is 35.5. The lowest BCUT2D eigenvalue weighted by atomic mass is 10.1. The van der Waals surface area contributed by atoms with Crippen LogP contribution in [0.5, 0.6) is 0 Å². The van der Waals surface area contributed by atoms with E-state index in [-0.39, 0.29) is 0 Å². The van der Waals surface area contributed by atoms with E-state index in [0.717, 1.165) is 40.1 Å². The number of pyridine rings is 1. The summed E-state index contributed by atoms with van der Waals surface area (Å²) in [7, 11) is 0. The van der Waals surface area contributed by atoms with Crippen LogP contribution in [0.15, 0.2) is 36.7 Å². The van der Waals surface area contributed by atoms with Crippen LogP contribution >= 0.6 is 11.6 Å². The minimum Gasteiger partial charge on any atom is -0.338 e. The average molecular weight is 299 g/mol. The summed E-state index contributed by atoms with van der Waals surface area (Å²) >= 11 is 6.13. The molecule has 4 nitrogen and oxygen atoms in total. The van der Waals surface area contributed by atoms with Gasteiger partial charge in [-0.2, -0.15) is 0 Å². The highest BCUT2D eigenvalue weighted by molar-refractivity contribution is 6.30. The van der Waals surface area contributed by atoms with E-state index in [2.05, 4.69) is 26.3 Å². The lowest BCUT2D eigenvalue weighted by Crippen LogP contribution is -2.01. The van der Waals surface area contributed by atoms with Crippen LogP contribution in [0.25, 0.3) is 10.9 Å². The predicted octanol–water partition coefficient (Wildman–Crippen LogP) is 4.29. The van der Waals surface area contributed by atoms with Crippen molar-refractivity contribution in [1.29, 1.82) is 0 Å². The molecule has 1 aromatic carbocycles. The molecule has 2 aromatic heterocycles. The molecule has 3 rings (SSSR count). The molecule has 0 unspecified atom stereocenters. The van der Waals surface area contributed by atoms with Crippen molar-refractivity contribution in [1.82, 2.24) is 15.0 Å². The van der Waals surface area contributed by atoms with Crippen molar-refractivity contribution in [3.8, 4) is 0 Å². The lowest BCUT2D eigenvalue weighted by Gasteiger charge is -2.12. The summed E-state index contributed by atoms with van der Waals surface area (Å²) in [5, 5.41) is 4.91. The molecule has 0 fully saturated rings. The van der Waals surface area contributed by atoms with Gasteiger partial charge in [0.15, 0.2) is 0 Å². The molecule has 1 N–H and O–H groups in total. The number of para-hydroxylation sites is 1. The highest BCUT2D eigenvalue weighted by Crippen LogP contribution is 2.28. The quantitative estimate of drug-likeness (QED) is 0.733. The molecular weight excluding hydrogens is 284 g/mol. The number of aromatic nitrogens is 3. The second-order valence-corrected chi connectivity index (χ2v) is 5.16. The number of rotatable bonds is 3. The molecule has 0 bridgehead atoms. The van der Waals surface area contributed by atoms with Gasteiger partial charge in [0.25, 0.3) is 0 Å². The van der Waals surface area contributed by atoms with Crippen LogP contribution in [0.1, 0.15) is 18.2 Å². The average Bonchev–Trinajstić information content (AvgIpc) is 2.48. The summed E-state index contributed by atoms with van der Waals surface area (Å²) < 4.78 is 0. The lowest BCUT2D eigenvalue weighted by molar-refractivity contribution is 1.05. The third-order valence-corrected chi connectivity index (χ3v) is 3.68. The maximum absolute atomic E-state index is 6.13. The van der Waals surface area contributed by atoms with Crippen LogP contribution in [-0.2, 0) is 6.42 Å².